The van der Waals surface area contributed by atoms with E-state index in [4.69, 9.17) is 0 Å². The number of carbonyl (C=O) groups is 1. The van der Waals surface area contributed by atoms with Crippen molar-refractivity contribution >= 4 is 5.91 Å². The third-order valence-corrected chi connectivity index (χ3v) is 4.53. The summed E-state index contributed by atoms with van der Waals surface area (Å²) in [5.41, 5.74) is 6.61. The molecule has 1 N–H and O–H groups in total. The molecule has 4 nitrogen and oxygen atoms in total. The lowest BCUT2D eigenvalue weighted by Gasteiger charge is -2.10. The molecule has 0 saturated heterocycles. The van der Waals surface area contributed by atoms with Crippen molar-refractivity contribution in [1.82, 2.24) is 15.3 Å². The van der Waals surface area contributed by atoms with Crippen molar-refractivity contribution in [1.29, 1.82) is 0 Å². The van der Waals surface area contributed by atoms with E-state index in [1.807, 2.05) is 24.3 Å². The molecule has 0 radical (unpaired) electrons. The molecule has 0 aliphatic carbocycles. The Labute approximate surface area is 154 Å². The average molecular weight is 345 g/mol. The highest BCUT2D eigenvalue weighted by atomic mass is 16.1. The highest BCUT2D eigenvalue weighted by molar-refractivity contribution is 5.76. The Morgan fingerprint density at radius 1 is 1.00 bits per heavy atom. The van der Waals surface area contributed by atoms with Gasteiger partial charge in [0.2, 0.25) is 5.91 Å². The summed E-state index contributed by atoms with van der Waals surface area (Å²) in [7, 11) is 0. The van der Waals surface area contributed by atoms with E-state index in [1.165, 1.54) is 16.7 Å². The molecule has 0 unspecified atom stereocenters. The minimum Gasteiger partial charge on any atom is -0.352 e. The fourth-order valence-corrected chi connectivity index (χ4v) is 2.85. The molecule has 26 heavy (non-hydrogen) atoms. The normalized spacial score (nSPS) is 10.5. The van der Waals surface area contributed by atoms with Crippen molar-refractivity contribution in [2.24, 2.45) is 0 Å². The van der Waals surface area contributed by atoms with Gasteiger partial charge in [0, 0.05) is 37.1 Å². The molecule has 1 aromatic carbocycles. The number of hydrogen-bond donors (Lipinski definition) is 1. The molecular weight excluding hydrogens is 322 g/mol. The third kappa shape index (κ3) is 4.54. The van der Waals surface area contributed by atoms with Crippen LogP contribution in [0.5, 0.6) is 0 Å². The van der Waals surface area contributed by atoms with Crippen molar-refractivity contribution in [2.45, 2.75) is 33.2 Å². The molecule has 2 heterocycles. The Balaban J connectivity index is 1.59. The number of amides is 1. The average Bonchev–Trinajstić information content (AvgIpc) is 2.68. The molecule has 3 rings (SSSR count). The second-order valence-corrected chi connectivity index (χ2v) is 6.44. The van der Waals surface area contributed by atoms with Crippen molar-refractivity contribution < 1.29 is 4.79 Å². The van der Waals surface area contributed by atoms with E-state index >= 15 is 0 Å². The van der Waals surface area contributed by atoms with Gasteiger partial charge in [-0.1, -0.05) is 24.3 Å². The molecule has 0 spiro atoms. The number of aromatic nitrogens is 2. The van der Waals surface area contributed by atoms with Crippen LogP contribution < -0.4 is 5.32 Å². The number of nitrogens with one attached hydrogen (secondary N) is 1. The molecular formula is C22H23N3O. The summed E-state index contributed by atoms with van der Waals surface area (Å²) in [5.74, 6) is 0.0489. The molecule has 1 amide bonds. The Morgan fingerprint density at radius 2 is 1.81 bits per heavy atom. The number of pyridine rings is 2. The first-order chi connectivity index (χ1) is 12.6. The van der Waals surface area contributed by atoms with E-state index in [9.17, 15) is 4.79 Å². The summed E-state index contributed by atoms with van der Waals surface area (Å²) in [5, 5.41) is 3.01. The topological polar surface area (TPSA) is 54.9 Å². The highest BCUT2D eigenvalue weighted by Gasteiger charge is 2.08. The summed E-state index contributed by atoms with van der Waals surface area (Å²) in [6.07, 6.45) is 6.48. The largest absolute Gasteiger partial charge is 0.352 e. The van der Waals surface area contributed by atoms with Crippen LogP contribution in [0.2, 0.25) is 0 Å². The van der Waals surface area contributed by atoms with Gasteiger partial charge in [0.05, 0.1) is 5.69 Å². The number of carbonyl (C=O) groups excluding carboxylic acids is 1. The summed E-state index contributed by atoms with van der Waals surface area (Å²) in [6, 6.07) is 14.1. The molecule has 132 valence electrons. The molecule has 0 bridgehead atoms. The number of aryl methyl sites for hydroxylation is 3. The van der Waals surface area contributed by atoms with Crippen molar-refractivity contribution in [3.05, 3.63) is 83.3 Å². The number of rotatable bonds is 6. The van der Waals surface area contributed by atoms with Crippen LogP contribution in [0, 0.1) is 13.8 Å². The molecule has 3 aromatic rings. The van der Waals surface area contributed by atoms with E-state index in [1.54, 1.807) is 18.6 Å². The third-order valence-electron chi connectivity index (χ3n) is 4.53. The van der Waals surface area contributed by atoms with E-state index in [-0.39, 0.29) is 5.91 Å². The van der Waals surface area contributed by atoms with Gasteiger partial charge in [0.15, 0.2) is 0 Å². The van der Waals surface area contributed by atoms with Crippen molar-refractivity contribution in [3.8, 4) is 11.3 Å². The molecule has 4 heteroatoms. The fraction of sp³-hybridized carbons (Fsp3) is 0.227. The van der Waals surface area contributed by atoms with Crippen LogP contribution in [0.15, 0.2) is 61.1 Å². The zero-order chi connectivity index (χ0) is 18.4. The van der Waals surface area contributed by atoms with Crippen LogP contribution in [-0.4, -0.2) is 15.9 Å². The molecule has 0 fully saturated rings. The summed E-state index contributed by atoms with van der Waals surface area (Å²) in [6.45, 7) is 4.67. The van der Waals surface area contributed by atoms with Crippen LogP contribution in [-0.2, 0) is 17.8 Å². The predicted octanol–water partition coefficient (Wildman–Crippen LogP) is 4.01. The first-order valence-electron chi connectivity index (χ1n) is 8.80. The minimum absolute atomic E-state index is 0.0489. The van der Waals surface area contributed by atoms with Gasteiger partial charge in [-0.05, 0) is 60.7 Å². The Kier molecular flexibility index (Phi) is 5.74. The zero-order valence-corrected chi connectivity index (χ0v) is 15.2. The molecule has 0 saturated carbocycles. The van der Waals surface area contributed by atoms with Gasteiger partial charge in [-0.3, -0.25) is 14.8 Å². The van der Waals surface area contributed by atoms with Crippen LogP contribution in [0.3, 0.4) is 0 Å². The van der Waals surface area contributed by atoms with Gasteiger partial charge >= 0.3 is 0 Å². The molecule has 0 aliphatic heterocycles. The first-order valence-corrected chi connectivity index (χ1v) is 8.80. The maximum absolute atomic E-state index is 12.2. The van der Waals surface area contributed by atoms with Gasteiger partial charge in [0.1, 0.15) is 0 Å². The molecule has 2 aromatic heterocycles. The van der Waals surface area contributed by atoms with Crippen LogP contribution in [0.4, 0.5) is 0 Å². The van der Waals surface area contributed by atoms with E-state index in [0.717, 1.165) is 23.2 Å². The Hall–Kier alpha value is -3.01. The summed E-state index contributed by atoms with van der Waals surface area (Å²) in [4.78, 5) is 20.7. The second-order valence-electron chi connectivity index (χ2n) is 6.44. The van der Waals surface area contributed by atoms with Gasteiger partial charge in [0.25, 0.3) is 0 Å². The summed E-state index contributed by atoms with van der Waals surface area (Å²) >= 11 is 0. The highest BCUT2D eigenvalue weighted by Crippen LogP contribution is 2.20. The van der Waals surface area contributed by atoms with E-state index in [2.05, 4.69) is 47.3 Å². The van der Waals surface area contributed by atoms with Crippen molar-refractivity contribution in [2.75, 3.05) is 0 Å². The monoisotopic (exact) mass is 345 g/mol. The lowest BCUT2D eigenvalue weighted by molar-refractivity contribution is -0.121. The van der Waals surface area contributed by atoms with Crippen molar-refractivity contribution in [3.63, 3.8) is 0 Å². The maximum Gasteiger partial charge on any atom is 0.220 e. The number of benzene rings is 1. The SMILES string of the molecule is Cc1ccc(CCC(=O)NCc2cccnc2-c2ccncc2)cc1C. The quantitative estimate of drug-likeness (QED) is 0.734. The first kappa shape index (κ1) is 17.8. The smallest absolute Gasteiger partial charge is 0.220 e. The van der Waals surface area contributed by atoms with E-state index < -0.39 is 0 Å². The van der Waals surface area contributed by atoms with Gasteiger partial charge in [-0.15, -0.1) is 0 Å². The number of nitrogens with zero attached hydrogens (tertiary/aromatic N) is 2. The molecule has 0 atom stereocenters. The van der Waals surface area contributed by atoms with Crippen LogP contribution in [0.25, 0.3) is 11.3 Å². The van der Waals surface area contributed by atoms with Gasteiger partial charge in [-0.2, -0.15) is 0 Å². The lowest BCUT2D eigenvalue weighted by atomic mass is 10.0. The minimum atomic E-state index is 0.0489. The summed E-state index contributed by atoms with van der Waals surface area (Å²) < 4.78 is 0. The fourth-order valence-electron chi connectivity index (χ4n) is 2.85. The van der Waals surface area contributed by atoms with E-state index in [0.29, 0.717) is 13.0 Å². The predicted molar refractivity (Wildman–Crippen MR) is 104 cm³/mol. The van der Waals surface area contributed by atoms with Crippen LogP contribution >= 0.6 is 0 Å². The Bertz CT molecular complexity index is 891. The molecule has 0 aliphatic rings. The van der Waals surface area contributed by atoms with Gasteiger partial charge in [-0.25, -0.2) is 0 Å². The van der Waals surface area contributed by atoms with Crippen LogP contribution in [0.1, 0.15) is 28.7 Å². The zero-order valence-electron chi connectivity index (χ0n) is 15.2. The number of hydrogen-bond acceptors (Lipinski definition) is 3. The second kappa shape index (κ2) is 8.39. The Morgan fingerprint density at radius 3 is 2.58 bits per heavy atom. The standard InChI is InChI=1S/C22H23N3O/c1-16-5-6-18(14-17(16)2)7-8-21(26)25-15-20-4-3-11-24-22(20)19-9-12-23-13-10-19/h3-6,9-14H,7-8,15H2,1-2H3,(H,25,26). The maximum atomic E-state index is 12.2. The lowest BCUT2D eigenvalue weighted by Crippen LogP contribution is -2.23. The van der Waals surface area contributed by atoms with Gasteiger partial charge < -0.3 is 5.32 Å².